The summed E-state index contributed by atoms with van der Waals surface area (Å²) in [6.45, 7) is 0. The smallest absolute Gasteiger partial charge is 0.307 e. The number of fused-ring (bicyclic) bond motifs is 1. The van der Waals surface area contributed by atoms with Crippen molar-refractivity contribution >= 4 is 51.2 Å². The monoisotopic (exact) mass is 320 g/mol. The molecule has 1 N–H and O–H groups in total. The van der Waals surface area contributed by atoms with Crippen LogP contribution < -0.4 is 4.74 Å². The summed E-state index contributed by atoms with van der Waals surface area (Å²) in [7, 11) is 1.57. The van der Waals surface area contributed by atoms with Gasteiger partial charge in [0, 0.05) is 4.90 Å². The maximum atomic E-state index is 11.6. The Morgan fingerprint density at radius 1 is 1.33 bits per heavy atom. The topological polar surface area (TPSA) is 63.6 Å². The molecule has 0 aliphatic rings. The van der Waals surface area contributed by atoms with E-state index in [4.69, 9.17) is 9.84 Å². The zero-order valence-electron chi connectivity index (χ0n) is 11.2. The molecule has 0 aromatic heterocycles. The van der Waals surface area contributed by atoms with Gasteiger partial charge >= 0.3 is 5.97 Å². The maximum absolute atomic E-state index is 11.6. The van der Waals surface area contributed by atoms with E-state index < -0.39 is 5.97 Å². The summed E-state index contributed by atoms with van der Waals surface area (Å²) in [5.41, 5.74) is 0.593. The van der Waals surface area contributed by atoms with Gasteiger partial charge in [0.1, 0.15) is 5.75 Å². The van der Waals surface area contributed by atoms with Crippen LogP contribution in [-0.2, 0) is 16.0 Å². The van der Waals surface area contributed by atoms with Gasteiger partial charge in [0.2, 0.25) is 5.12 Å². The second-order valence-corrected chi connectivity index (χ2v) is 5.50. The van der Waals surface area contributed by atoms with Crippen LogP contribution in [0, 0.1) is 0 Å². The van der Waals surface area contributed by atoms with Crippen molar-refractivity contribution < 1.29 is 19.4 Å². The summed E-state index contributed by atoms with van der Waals surface area (Å²) in [6.07, 6.45) is -0.144. The summed E-state index contributed by atoms with van der Waals surface area (Å²) in [5.74, 6) is -0.245. The van der Waals surface area contributed by atoms with Crippen molar-refractivity contribution in [2.45, 2.75) is 11.3 Å². The number of hydrogen-bond acceptors (Lipinski definition) is 5. The van der Waals surface area contributed by atoms with Gasteiger partial charge in [-0.1, -0.05) is 24.4 Å². The van der Waals surface area contributed by atoms with Crippen molar-refractivity contribution in [2.24, 2.45) is 0 Å². The van der Waals surface area contributed by atoms with Gasteiger partial charge in [-0.25, -0.2) is 0 Å². The highest BCUT2D eigenvalue weighted by atomic mass is 32.2. The van der Waals surface area contributed by atoms with E-state index in [9.17, 15) is 9.59 Å². The molecule has 21 heavy (non-hydrogen) atoms. The molecule has 0 saturated heterocycles. The third-order valence-electron chi connectivity index (χ3n) is 2.90. The number of carboxylic acids is 1. The maximum Gasteiger partial charge on any atom is 0.307 e. The lowest BCUT2D eigenvalue weighted by molar-refractivity contribution is -0.136. The molecule has 0 aliphatic carbocycles. The standard InChI is InChI=1S/C15H12O4S2/c1-19-11-4-5-12-9(6-11)2-3-10(7-13(16)17)15(12)21-14(18)8-20/h2-6,8H,7H2,1H3,(H,16,17). The summed E-state index contributed by atoms with van der Waals surface area (Å²) < 4.78 is 5.17. The van der Waals surface area contributed by atoms with E-state index >= 15 is 0 Å². The summed E-state index contributed by atoms with van der Waals surface area (Å²) in [5, 5.41) is 11.4. The van der Waals surface area contributed by atoms with Crippen molar-refractivity contribution in [3.63, 3.8) is 0 Å². The molecule has 0 fully saturated rings. The van der Waals surface area contributed by atoms with Crippen molar-refractivity contribution in [3.8, 4) is 5.75 Å². The van der Waals surface area contributed by atoms with Crippen LogP contribution in [0.2, 0.25) is 0 Å². The molecule has 0 heterocycles. The number of carbonyl (C=O) groups excluding carboxylic acids is 1. The molecule has 4 nitrogen and oxygen atoms in total. The molecular formula is C15H12O4S2. The highest BCUT2D eigenvalue weighted by molar-refractivity contribution is 8.16. The Hall–Kier alpha value is -1.92. The largest absolute Gasteiger partial charge is 0.497 e. The van der Waals surface area contributed by atoms with Gasteiger partial charge in [0.25, 0.3) is 0 Å². The Kier molecular flexibility index (Phi) is 4.93. The van der Waals surface area contributed by atoms with Crippen molar-refractivity contribution in [3.05, 3.63) is 35.9 Å². The average molecular weight is 320 g/mol. The Bertz CT molecular complexity index is 725. The normalized spacial score (nSPS) is 10.3. The first kappa shape index (κ1) is 15.5. The van der Waals surface area contributed by atoms with E-state index in [0.717, 1.165) is 27.9 Å². The van der Waals surface area contributed by atoms with Gasteiger partial charge in [-0.15, -0.1) is 0 Å². The first-order valence-electron chi connectivity index (χ1n) is 6.03. The quantitative estimate of drug-likeness (QED) is 0.675. The van der Waals surface area contributed by atoms with Gasteiger partial charge in [0.05, 0.1) is 18.9 Å². The molecule has 0 bridgehead atoms. The molecule has 6 heteroatoms. The molecule has 2 aromatic carbocycles. The molecule has 2 aromatic rings. The summed E-state index contributed by atoms with van der Waals surface area (Å²) in [6, 6.07) is 8.97. The molecule has 0 radical (unpaired) electrons. The molecule has 0 aliphatic heterocycles. The summed E-state index contributed by atoms with van der Waals surface area (Å²) >= 11 is 5.59. The van der Waals surface area contributed by atoms with Gasteiger partial charge < -0.3 is 9.84 Å². The minimum atomic E-state index is -0.945. The van der Waals surface area contributed by atoms with Crippen LogP contribution in [0.5, 0.6) is 5.75 Å². The third kappa shape index (κ3) is 3.59. The minimum Gasteiger partial charge on any atom is -0.497 e. The average Bonchev–Trinajstić information content (AvgIpc) is 2.48. The fraction of sp³-hybridized carbons (Fsp3) is 0.133. The number of ether oxygens (including phenoxy) is 1. The zero-order chi connectivity index (χ0) is 15.4. The highest BCUT2D eigenvalue weighted by Gasteiger charge is 2.14. The Labute approximate surface area is 131 Å². The fourth-order valence-corrected chi connectivity index (χ4v) is 2.96. The van der Waals surface area contributed by atoms with Crippen molar-refractivity contribution in [1.82, 2.24) is 0 Å². The number of benzene rings is 2. The molecule has 2 rings (SSSR count). The van der Waals surface area contributed by atoms with Gasteiger partial charge in [-0.3, -0.25) is 9.59 Å². The van der Waals surface area contributed by atoms with Crippen LogP contribution >= 0.6 is 24.0 Å². The first-order valence-corrected chi connectivity index (χ1v) is 7.32. The predicted molar refractivity (Wildman–Crippen MR) is 86.4 cm³/mol. The lowest BCUT2D eigenvalue weighted by Crippen LogP contribution is -2.03. The van der Waals surface area contributed by atoms with E-state index in [1.165, 1.54) is 0 Å². The zero-order valence-corrected chi connectivity index (χ0v) is 12.8. The molecule has 0 amide bonds. The number of rotatable bonds is 5. The van der Waals surface area contributed by atoms with Crippen LogP contribution in [0.15, 0.2) is 35.2 Å². The Balaban J connectivity index is 2.62. The number of hydrogen-bond donors (Lipinski definition) is 1. The number of carboxylic acid groups (broad SMARTS) is 1. The Morgan fingerprint density at radius 2 is 2.10 bits per heavy atom. The van der Waals surface area contributed by atoms with E-state index in [-0.39, 0.29) is 11.5 Å². The number of methoxy groups -OCH3 is 1. The van der Waals surface area contributed by atoms with Crippen LogP contribution in [0.25, 0.3) is 10.8 Å². The molecule has 0 saturated carbocycles. The second-order valence-electron chi connectivity index (χ2n) is 4.25. The van der Waals surface area contributed by atoms with Gasteiger partial charge in [0.15, 0.2) is 0 Å². The highest BCUT2D eigenvalue weighted by Crippen LogP contribution is 2.34. The number of thiocarbonyl (C=S) groups is 1. The van der Waals surface area contributed by atoms with Crippen LogP contribution in [0.4, 0.5) is 0 Å². The van der Waals surface area contributed by atoms with Crippen LogP contribution in [0.1, 0.15) is 5.56 Å². The lowest BCUT2D eigenvalue weighted by Gasteiger charge is -2.11. The molecule has 0 spiro atoms. The molecule has 0 atom stereocenters. The minimum absolute atomic E-state index is 0.144. The SMILES string of the molecule is COc1ccc2c(SC(=O)C=S)c(CC(=O)O)ccc2c1. The van der Waals surface area contributed by atoms with Crippen LogP contribution in [-0.4, -0.2) is 28.7 Å². The van der Waals surface area contributed by atoms with Crippen molar-refractivity contribution in [1.29, 1.82) is 0 Å². The molecule has 108 valence electrons. The van der Waals surface area contributed by atoms with E-state index in [1.807, 2.05) is 18.2 Å². The summed E-state index contributed by atoms with van der Waals surface area (Å²) in [4.78, 5) is 23.2. The second kappa shape index (κ2) is 6.69. The Morgan fingerprint density at radius 3 is 2.71 bits per heavy atom. The third-order valence-corrected chi connectivity index (χ3v) is 4.27. The van der Waals surface area contributed by atoms with Gasteiger partial charge in [-0.05, 0) is 46.3 Å². The first-order chi connectivity index (χ1) is 10.0. The van der Waals surface area contributed by atoms with E-state index in [1.54, 1.807) is 19.2 Å². The predicted octanol–water partition coefficient (Wildman–Crippen LogP) is 3.09. The van der Waals surface area contributed by atoms with E-state index in [0.29, 0.717) is 16.2 Å². The van der Waals surface area contributed by atoms with Gasteiger partial charge in [-0.2, -0.15) is 0 Å². The number of thioether (sulfide) groups is 1. The lowest BCUT2D eigenvalue weighted by atomic mass is 10.0. The van der Waals surface area contributed by atoms with Crippen LogP contribution in [0.3, 0.4) is 0 Å². The number of carbonyl (C=O) groups is 2. The van der Waals surface area contributed by atoms with E-state index in [2.05, 4.69) is 12.2 Å². The molecule has 0 unspecified atom stereocenters. The molecular weight excluding hydrogens is 308 g/mol. The fourth-order valence-electron chi connectivity index (χ4n) is 2.00. The van der Waals surface area contributed by atoms with Crippen molar-refractivity contribution in [2.75, 3.05) is 7.11 Å². The number of aliphatic carboxylic acids is 1.